The third-order valence-electron chi connectivity index (χ3n) is 5.93. The van der Waals surface area contributed by atoms with Crippen LogP contribution in [-0.4, -0.2) is 38.2 Å². The van der Waals surface area contributed by atoms with E-state index in [9.17, 15) is 14.4 Å². The van der Waals surface area contributed by atoms with Gasteiger partial charge in [-0.3, -0.25) is 14.9 Å². The topological polar surface area (TPSA) is 94.2 Å². The van der Waals surface area contributed by atoms with Gasteiger partial charge in [-0.1, -0.05) is 58.1 Å². The molecule has 0 bridgehead atoms. The molecule has 2 aromatic rings. The number of ether oxygens (including phenoxy) is 3. The number of unbranched alkanes of at least 4 members (excludes halogenated alkanes) is 5. The molecular weight excluding hydrogens is 472 g/mol. The monoisotopic (exact) mass is 508 g/mol. The molecule has 0 aromatic heterocycles. The summed E-state index contributed by atoms with van der Waals surface area (Å²) in [5, 5.41) is 2.24. The largest absolute Gasteiger partial charge is 0.494 e. The summed E-state index contributed by atoms with van der Waals surface area (Å²) in [5.41, 5.74) is 0.756. The van der Waals surface area contributed by atoms with Gasteiger partial charge < -0.3 is 14.2 Å². The lowest BCUT2D eigenvalue weighted by molar-refractivity contribution is -0.122. The first-order valence-corrected chi connectivity index (χ1v) is 12.9. The normalized spacial score (nSPS) is 14.6. The van der Waals surface area contributed by atoms with Crippen molar-refractivity contribution in [2.45, 2.75) is 58.8 Å². The number of anilines is 1. The number of rotatable bonds is 14. The van der Waals surface area contributed by atoms with Gasteiger partial charge in [0.2, 0.25) is 0 Å². The smallest absolute Gasteiger partial charge is 0.335 e. The molecule has 0 atom stereocenters. The van der Waals surface area contributed by atoms with E-state index in [2.05, 4.69) is 12.2 Å². The summed E-state index contributed by atoms with van der Waals surface area (Å²) in [7, 11) is 1.48. The Labute approximate surface area is 218 Å². The average Bonchev–Trinajstić information content (AvgIpc) is 2.90. The van der Waals surface area contributed by atoms with Crippen LogP contribution in [0, 0.1) is 0 Å². The number of methoxy groups -OCH3 is 1. The number of barbiturate groups is 1. The third kappa shape index (κ3) is 7.59. The molecule has 0 radical (unpaired) electrons. The second-order valence-electron chi connectivity index (χ2n) is 8.83. The van der Waals surface area contributed by atoms with E-state index in [0.717, 1.165) is 29.9 Å². The van der Waals surface area contributed by atoms with Crippen LogP contribution in [0.4, 0.5) is 10.5 Å². The van der Waals surface area contributed by atoms with Crippen molar-refractivity contribution in [1.82, 2.24) is 5.32 Å². The summed E-state index contributed by atoms with van der Waals surface area (Å²) < 4.78 is 16.8. The van der Waals surface area contributed by atoms with Gasteiger partial charge in [-0.25, -0.2) is 9.69 Å². The van der Waals surface area contributed by atoms with Crippen LogP contribution >= 0.6 is 0 Å². The molecule has 37 heavy (non-hydrogen) atoms. The van der Waals surface area contributed by atoms with Crippen LogP contribution in [0.15, 0.2) is 48.0 Å². The number of benzene rings is 2. The predicted octanol–water partition coefficient (Wildman–Crippen LogP) is 5.89. The Balaban J connectivity index is 1.69. The van der Waals surface area contributed by atoms with Crippen molar-refractivity contribution in [3.63, 3.8) is 0 Å². The Morgan fingerprint density at radius 2 is 1.54 bits per heavy atom. The maximum Gasteiger partial charge on any atom is 0.335 e. The van der Waals surface area contributed by atoms with E-state index in [1.165, 1.54) is 44.9 Å². The SMILES string of the molecule is CCCCCCCCOc1ccc(/C=C2/C(=O)NC(=O)N(c3ccc(OCCC)c(OC)c3)C2=O)cc1. The number of hydrogen-bond acceptors (Lipinski definition) is 6. The summed E-state index contributed by atoms with van der Waals surface area (Å²) in [6.45, 7) is 5.34. The summed E-state index contributed by atoms with van der Waals surface area (Å²) in [5.74, 6) is 0.143. The van der Waals surface area contributed by atoms with Gasteiger partial charge in [0, 0.05) is 6.07 Å². The van der Waals surface area contributed by atoms with Gasteiger partial charge in [0.25, 0.3) is 11.8 Å². The second kappa shape index (κ2) is 14.1. The Morgan fingerprint density at radius 1 is 0.811 bits per heavy atom. The fourth-order valence-corrected chi connectivity index (χ4v) is 3.92. The molecule has 0 unspecified atom stereocenters. The molecule has 1 aliphatic rings. The highest BCUT2D eigenvalue weighted by molar-refractivity contribution is 6.39. The second-order valence-corrected chi connectivity index (χ2v) is 8.83. The van der Waals surface area contributed by atoms with Crippen molar-refractivity contribution < 1.29 is 28.6 Å². The van der Waals surface area contributed by atoms with E-state index in [-0.39, 0.29) is 11.3 Å². The Kier molecular flexibility index (Phi) is 10.6. The number of amides is 4. The van der Waals surface area contributed by atoms with Crippen LogP contribution in [0.1, 0.15) is 64.4 Å². The van der Waals surface area contributed by atoms with Gasteiger partial charge in [-0.15, -0.1) is 0 Å². The summed E-state index contributed by atoms with van der Waals surface area (Å²) in [6, 6.07) is 11.1. The zero-order chi connectivity index (χ0) is 26.6. The van der Waals surface area contributed by atoms with E-state index >= 15 is 0 Å². The summed E-state index contributed by atoms with van der Waals surface area (Å²) in [4.78, 5) is 39.2. The molecule has 8 heteroatoms. The predicted molar refractivity (Wildman–Crippen MR) is 143 cm³/mol. The third-order valence-corrected chi connectivity index (χ3v) is 5.93. The van der Waals surface area contributed by atoms with Crippen LogP contribution in [-0.2, 0) is 9.59 Å². The van der Waals surface area contributed by atoms with Gasteiger partial charge in [0.05, 0.1) is 26.0 Å². The molecule has 198 valence electrons. The number of carbonyl (C=O) groups excluding carboxylic acids is 3. The maximum absolute atomic E-state index is 13.2. The number of imide groups is 2. The highest BCUT2D eigenvalue weighted by Gasteiger charge is 2.37. The standard InChI is InChI=1S/C29H36N2O6/c1-4-6-7-8-9-10-18-36-23-14-11-21(12-15-23)19-24-27(32)30-29(34)31(28(24)33)22-13-16-25(37-17-5-2)26(20-22)35-3/h11-16,19-20H,4-10,17-18H2,1-3H3,(H,30,32,34)/b24-19-. The van der Waals surface area contributed by atoms with Gasteiger partial charge in [-0.05, 0) is 48.7 Å². The lowest BCUT2D eigenvalue weighted by atomic mass is 10.1. The molecule has 1 saturated heterocycles. The minimum Gasteiger partial charge on any atom is -0.494 e. The van der Waals surface area contributed by atoms with E-state index in [1.54, 1.807) is 36.4 Å². The van der Waals surface area contributed by atoms with Gasteiger partial charge >= 0.3 is 6.03 Å². The van der Waals surface area contributed by atoms with Crippen molar-refractivity contribution in [1.29, 1.82) is 0 Å². The van der Waals surface area contributed by atoms with Crippen LogP contribution in [0.3, 0.4) is 0 Å². The number of hydrogen-bond donors (Lipinski definition) is 1. The molecular formula is C29H36N2O6. The maximum atomic E-state index is 13.2. The van der Waals surface area contributed by atoms with Crippen molar-refractivity contribution in [2.75, 3.05) is 25.2 Å². The van der Waals surface area contributed by atoms with Crippen LogP contribution in [0.5, 0.6) is 17.2 Å². The quantitative estimate of drug-likeness (QED) is 0.194. The van der Waals surface area contributed by atoms with E-state index in [0.29, 0.717) is 30.3 Å². The number of carbonyl (C=O) groups is 3. The van der Waals surface area contributed by atoms with Gasteiger partial charge in [0.1, 0.15) is 11.3 Å². The number of nitrogens with one attached hydrogen (secondary N) is 1. The fourth-order valence-electron chi connectivity index (χ4n) is 3.92. The molecule has 0 saturated carbocycles. The molecule has 1 aliphatic heterocycles. The Bertz CT molecular complexity index is 1110. The van der Waals surface area contributed by atoms with E-state index in [4.69, 9.17) is 14.2 Å². The number of nitrogens with zero attached hydrogens (tertiary/aromatic N) is 1. The molecule has 0 aliphatic carbocycles. The van der Waals surface area contributed by atoms with E-state index in [1.807, 2.05) is 6.92 Å². The van der Waals surface area contributed by atoms with E-state index < -0.39 is 17.8 Å². The molecule has 2 aromatic carbocycles. The zero-order valence-electron chi connectivity index (χ0n) is 21.9. The van der Waals surface area contributed by atoms with Crippen molar-refractivity contribution >= 4 is 29.6 Å². The molecule has 4 amide bonds. The van der Waals surface area contributed by atoms with Crippen molar-refractivity contribution in [3.05, 3.63) is 53.6 Å². The highest BCUT2D eigenvalue weighted by atomic mass is 16.5. The fraction of sp³-hybridized carbons (Fsp3) is 0.414. The van der Waals surface area contributed by atoms with Crippen LogP contribution < -0.4 is 24.4 Å². The minimum absolute atomic E-state index is 0.148. The van der Waals surface area contributed by atoms with Crippen LogP contribution in [0.2, 0.25) is 0 Å². The molecule has 0 spiro atoms. The first kappa shape index (κ1) is 27.8. The number of urea groups is 1. The Morgan fingerprint density at radius 3 is 2.24 bits per heavy atom. The van der Waals surface area contributed by atoms with Crippen molar-refractivity contribution in [3.8, 4) is 17.2 Å². The first-order valence-electron chi connectivity index (χ1n) is 12.9. The molecule has 8 nitrogen and oxygen atoms in total. The average molecular weight is 509 g/mol. The van der Waals surface area contributed by atoms with Gasteiger partial charge in [-0.2, -0.15) is 0 Å². The van der Waals surface area contributed by atoms with Crippen molar-refractivity contribution in [2.24, 2.45) is 0 Å². The summed E-state index contributed by atoms with van der Waals surface area (Å²) >= 11 is 0. The van der Waals surface area contributed by atoms with Gasteiger partial charge in [0.15, 0.2) is 11.5 Å². The zero-order valence-corrected chi connectivity index (χ0v) is 21.9. The molecule has 1 N–H and O–H groups in total. The minimum atomic E-state index is -0.824. The summed E-state index contributed by atoms with van der Waals surface area (Å²) in [6.07, 6.45) is 9.44. The molecule has 1 fully saturated rings. The Hall–Kier alpha value is -3.81. The molecule has 3 rings (SSSR count). The highest BCUT2D eigenvalue weighted by Crippen LogP contribution is 2.33. The van der Waals surface area contributed by atoms with Crippen LogP contribution in [0.25, 0.3) is 6.08 Å². The lowest BCUT2D eigenvalue weighted by Gasteiger charge is -2.27. The molecule has 1 heterocycles. The first-order chi connectivity index (χ1) is 18.0. The lowest BCUT2D eigenvalue weighted by Crippen LogP contribution is -2.54.